The molecule has 1 saturated heterocycles. The van der Waals surface area contributed by atoms with Crippen LogP contribution in [0.4, 0.5) is 5.13 Å². The molecule has 2 aromatic rings. The zero-order valence-electron chi connectivity index (χ0n) is 17.0. The Kier molecular flexibility index (Phi) is 6.88. The highest BCUT2D eigenvalue weighted by atomic mass is 32.2. The zero-order valence-corrected chi connectivity index (χ0v) is 20.4. The first kappa shape index (κ1) is 22.5. The number of hydrogen-bond acceptors (Lipinski definition) is 8. The summed E-state index contributed by atoms with van der Waals surface area (Å²) in [7, 11) is -4.78. The van der Waals surface area contributed by atoms with Crippen LogP contribution in [0.15, 0.2) is 21.0 Å². The molecule has 1 atom stereocenters. The topological polar surface area (TPSA) is 105 Å². The molecule has 0 saturated carbocycles. The van der Waals surface area contributed by atoms with Gasteiger partial charge in [0.05, 0.1) is 34.5 Å². The quantitative estimate of drug-likeness (QED) is 0.486. The summed E-state index contributed by atoms with van der Waals surface area (Å²) in [5.41, 5.74) is 0. The number of thiazole rings is 1. The summed E-state index contributed by atoms with van der Waals surface area (Å²) in [5.74, 6) is 0.753. The molecule has 1 N–H and O–H groups in total. The lowest BCUT2D eigenvalue weighted by Crippen LogP contribution is -2.43. The van der Waals surface area contributed by atoms with E-state index in [1.807, 2.05) is 6.20 Å². The summed E-state index contributed by atoms with van der Waals surface area (Å²) < 4.78 is 31.6. The van der Waals surface area contributed by atoms with Crippen LogP contribution in [0.3, 0.4) is 0 Å². The molecule has 3 heterocycles. The van der Waals surface area contributed by atoms with E-state index in [1.54, 1.807) is 18.0 Å². The second-order valence-corrected chi connectivity index (χ2v) is 17.4. The van der Waals surface area contributed by atoms with E-state index in [0.717, 1.165) is 9.59 Å². The number of rotatable bonds is 7. The number of nitrogens with zero attached hydrogens (tertiary/aromatic N) is 3. The molecule has 0 spiro atoms. The number of carbonyl (C=O) groups is 1. The first-order valence-corrected chi connectivity index (χ1v) is 16.5. The minimum Gasteiger partial charge on any atom is -0.450 e. The van der Waals surface area contributed by atoms with Crippen LogP contribution in [0.5, 0.6) is 0 Å². The smallest absolute Gasteiger partial charge is 0.230 e. The van der Waals surface area contributed by atoms with Crippen LogP contribution in [0.2, 0.25) is 19.6 Å². The summed E-state index contributed by atoms with van der Waals surface area (Å²) in [6, 6.07) is 0. The highest BCUT2D eigenvalue weighted by Gasteiger charge is 2.30. The van der Waals surface area contributed by atoms with Crippen LogP contribution in [0, 0.1) is 5.92 Å². The van der Waals surface area contributed by atoms with E-state index in [9.17, 15) is 13.2 Å². The van der Waals surface area contributed by atoms with Crippen molar-refractivity contribution in [2.75, 3.05) is 24.7 Å². The average Bonchev–Trinajstić information content (AvgIpc) is 3.28. The van der Waals surface area contributed by atoms with E-state index in [-0.39, 0.29) is 18.4 Å². The first-order chi connectivity index (χ1) is 13.5. The predicted octanol–water partition coefficient (Wildman–Crippen LogP) is 2.58. The van der Waals surface area contributed by atoms with Gasteiger partial charge in [-0.2, -0.15) is 0 Å². The van der Waals surface area contributed by atoms with Crippen molar-refractivity contribution < 1.29 is 17.6 Å². The molecular formula is C17H26N4O4S3Si. The number of aromatic nitrogens is 2. The van der Waals surface area contributed by atoms with Gasteiger partial charge in [-0.3, -0.25) is 4.79 Å². The molecular weight excluding hydrogens is 448 g/mol. The van der Waals surface area contributed by atoms with E-state index < -0.39 is 18.1 Å². The zero-order chi connectivity index (χ0) is 21.2. The Morgan fingerprint density at radius 1 is 1.38 bits per heavy atom. The third-order valence-corrected chi connectivity index (χ3v) is 9.64. The number of anilines is 1. The molecule has 1 aliphatic rings. The van der Waals surface area contributed by atoms with Crippen molar-refractivity contribution in [2.45, 2.75) is 42.4 Å². The van der Waals surface area contributed by atoms with Gasteiger partial charge in [-0.05, 0) is 12.8 Å². The molecule has 1 unspecified atom stereocenters. The summed E-state index contributed by atoms with van der Waals surface area (Å²) in [6.07, 6.45) is 6.08. The van der Waals surface area contributed by atoms with Crippen molar-refractivity contribution in [1.82, 2.24) is 14.3 Å². The largest absolute Gasteiger partial charge is 0.450 e. The lowest BCUT2D eigenvalue weighted by molar-refractivity contribution is -0.120. The summed E-state index contributed by atoms with van der Waals surface area (Å²) in [6.45, 7) is 7.33. The molecule has 1 amide bonds. The maximum Gasteiger partial charge on any atom is 0.230 e. The summed E-state index contributed by atoms with van der Waals surface area (Å²) in [5, 5.41) is 4.33. The van der Waals surface area contributed by atoms with E-state index in [0.29, 0.717) is 36.2 Å². The molecule has 1 aliphatic heterocycles. The molecule has 0 aliphatic carbocycles. The Labute approximate surface area is 180 Å². The number of oxazole rings is 1. The average molecular weight is 475 g/mol. The van der Waals surface area contributed by atoms with Gasteiger partial charge in [0.25, 0.3) is 0 Å². The monoisotopic (exact) mass is 474 g/mol. The summed E-state index contributed by atoms with van der Waals surface area (Å²) >= 11 is 2.95. The Hall–Kier alpha value is -1.21. The maximum absolute atomic E-state index is 12.5. The van der Waals surface area contributed by atoms with E-state index in [1.165, 1.54) is 21.9 Å². The SMILES string of the molecule is C[Si](C)(C)c1cnc(CSc2cnc(NC(=O)C3CCCN(S(C)(=O)=O)C3)s2)o1. The normalized spacial score (nSPS) is 18.7. The highest BCUT2D eigenvalue weighted by Crippen LogP contribution is 2.31. The number of thioether (sulfide) groups is 1. The number of piperidine rings is 1. The Morgan fingerprint density at radius 3 is 2.79 bits per heavy atom. The van der Waals surface area contributed by atoms with Crippen LogP contribution in [-0.4, -0.2) is 56.0 Å². The molecule has 2 aromatic heterocycles. The first-order valence-electron chi connectivity index (χ1n) is 9.32. The lowest BCUT2D eigenvalue weighted by atomic mass is 9.99. The van der Waals surface area contributed by atoms with Crippen LogP contribution < -0.4 is 10.7 Å². The van der Waals surface area contributed by atoms with Gasteiger partial charge in [-0.25, -0.2) is 22.7 Å². The van der Waals surface area contributed by atoms with Crippen LogP contribution in [0.25, 0.3) is 0 Å². The fraction of sp³-hybridized carbons (Fsp3) is 0.588. The fourth-order valence-electron chi connectivity index (χ4n) is 2.91. The highest BCUT2D eigenvalue weighted by molar-refractivity contribution is 8.00. The van der Waals surface area contributed by atoms with E-state index >= 15 is 0 Å². The van der Waals surface area contributed by atoms with E-state index in [2.05, 4.69) is 34.9 Å². The number of carbonyl (C=O) groups excluding carboxylic acids is 1. The molecule has 29 heavy (non-hydrogen) atoms. The van der Waals surface area contributed by atoms with Crippen molar-refractivity contribution in [3.05, 3.63) is 18.3 Å². The number of hydrogen-bond donors (Lipinski definition) is 1. The number of nitrogens with one attached hydrogen (secondary N) is 1. The van der Waals surface area contributed by atoms with Gasteiger partial charge in [0.15, 0.2) is 5.13 Å². The van der Waals surface area contributed by atoms with Gasteiger partial charge >= 0.3 is 0 Å². The predicted molar refractivity (Wildman–Crippen MR) is 119 cm³/mol. The standard InChI is InChI=1S/C17H26N4O4S3Si/c1-28(23,24)21-7-5-6-12(10-21)16(22)20-17-19-9-15(27-17)26-11-13-18-8-14(25-13)29(2,3)4/h8-9,12H,5-7,10-11H2,1-4H3,(H,19,20,22). The Balaban J connectivity index is 1.53. The molecule has 12 heteroatoms. The second-order valence-electron chi connectivity index (χ2n) is 8.09. The molecule has 1 fully saturated rings. The fourth-order valence-corrected chi connectivity index (χ4v) is 6.42. The van der Waals surface area contributed by atoms with Crippen molar-refractivity contribution in [3.63, 3.8) is 0 Å². The van der Waals surface area contributed by atoms with Gasteiger partial charge in [0.1, 0.15) is 13.5 Å². The third-order valence-electron chi connectivity index (χ3n) is 4.57. The molecule has 0 bridgehead atoms. The van der Waals surface area contributed by atoms with Gasteiger partial charge in [0.2, 0.25) is 21.8 Å². The third kappa shape index (κ3) is 6.14. The number of sulfonamides is 1. The van der Waals surface area contributed by atoms with Crippen LogP contribution in [-0.2, 0) is 20.6 Å². The summed E-state index contributed by atoms with van der Waals surface area (Å²) in [4.78, 5) is 21.1. The van der Waals surface area contributed by atoms with Crippen molar-refractivity contribution in [2.24, 2.45) is 5.92 Å². The number of amides is 1. The Morgan fingerprint density at radius 2 is 2.14 bits per heavy atom. The second kappa shape index (κ2) is 8.88. The van der Waals surface area contributed by atoms with Crippen LogP contribution in [0.1, 0.15) is 18.7 Å². The van der Waals surface area contributed by atoms with Crippen molar-refractivity contribution >= 4 is 57.6 Å². The van der Waals surface area contributed by atoms with E-state index in [4.69, 9.17) is 4.42 Å². The minimum atomic E-state index is -3.28. The molecule has 8 nitrogen and oxygen atoms in total. The Bertz CT molecular complexity index is 967. The van der Waals surface area contributed by atoms with Gasteiger partial charge in [-0.15, -0.1) is 11.8 Å². The van der Waals surface area contributed by atoms with Crippen molar-refractivity contribution in [1.29, 1.82) is 0 Å². The van der Waals surface area contributed by atoms with Crippen molar-refractivity contribution in [3.8, 4) is 0 Å². The minimum absolute atomic E-state index is 0.184. The molecule has 160 valence electrons. The van der Waals surface area contributed by atoms with Gasteiger partial charge < -0.3 is 9.73 Å². The maximum atomic E-state index is 12.5. The van der Waals surface area contributed by atoms with Gasteiger partial charge in [0, 0.05) is 13.1 Å². The molecule has 0 radical (unpaired) electrons. The molecule has 3 rings (SSSR count). The molecule has 0 aromatic carbocycles. The lowest BCUT2D eigenvalue weighted by Gasteiger charge is -2.29. The van der Waals surface area contributed by atoms with Crippen LogP contribution >= 0.6 is 23.1 Å². The van der Waals surface area contributed by atoms with Gasteiger partial charge in [-0.1, -0.05) is 31.0 Å².